The number of anilines is 2. The fourth-order valence-corrected chi connectivity index (χ4v) is 5.45. The van der Waals surface area contributed by atoms with Gasteiger partial charge in [-0.3, -0.25) is 0 Å². The largest absolute Gasteiger partial charge is 0.398 e. The third-order valence-corrected chi connectivity index (χ3v) is 8.90. The molecule has 6 heteroatoms. The lowest BCUT2D eigenvalue weighted by Crippen LogP contribution is -2.25. The molecule has 3 radical (unpaired) electrons. The van der Waals surface area contributed by atoms with Crippen molar-refractivity contribution in [2.75, 3.05) is 23.7 Å². The Labute approximate surface area is 187 Å². The number of nitrogens with two attached hydrogens (primary N) is 1. The van der Waals surface area contributed by atoms with Gasteiger partial charge in [0.05, 0.1) is 13.6 Å². The molecular formula is C24H40N4Si2+. The fourth-order valence-electron chi connectivity index (χ4n) is 4.27. The van der Waals surface area contributed by atoms with Gasteiger partial charge in [0.1, 0.15) is 18.4 Å². The van der Waals surface area contributed by atoms with E-state index >= 15 is 0 Å². The molecule has 2 unspecified atom stereocenters. The zero-order valence-electron chi connectivity index (χ0n) is 20.0. The molecule has 2 heterocycles. The summed E-state index contributed by atoms with van der Waals surface area (Å²) in [6.07, 6.45) is 8.77. The van der Waals surface area contributed by atoms with E-state index in [2.05, 4.69) is 103 Å². The van der Waals surface area contributed by atoms with Crippen LogP contribution in [0.25, 0.3) is 0 Å². The Morgan fingerprint density at radius 3 is 2.57 bits per heavy atom. The van der Waals surface area contributed by atoms with E-state index in [1.165, 1.54) is 29.3 Å². The van der Waals surface area contributed by atoms with Crippen LogP contribution in [0.3, 0.4) is 0 Å². The molecule has 0 saturated carbocycles. The van der Waals surface area contributed by atoms with Crippen molar-refractivity contribution >= 4 is 29.7 Å². The number of rotatable bonds is 7. The highest BCUT2D eigenvalue weighted by molar-refractivity contribution is 6.76. The van der Waals surface area contributed by atoms with Crippen LogP contribution in [-0.2, 0) is 13.5 Å². The summed E-state index contributed by atoms with van der Waals surface area (Å²) in [5.41, 5.74) is 11.7. The van der Waals surface area contributed by atoms with Crippen molar-refractivity contribution in [3.05, 3.63) is 42.0 Å². The number of aryl methyl sites for hydroxylation is 2. The first-order valence-corrected chi connectivity index (χ1v) is 15.5. The maximum absolute atomic E-state index is 6.77. The smallest absolute Gasteiger partial charge is 0.243 e. The van der Waals surface area contributed by atoms with Gasteiger partial charge in [0.2, 0.25) is 6.33 Å². The van der Waals surface area contributed by atoms with Crippen molar-refractivity contribution in [1.29, 1.82) is 0 Å². The van der Waals surface area contributed by atoms with Crippen molar-refractivity contribution in [1.82, 2.24) is 4.57 Å². The molecular weight excluding hydrogens is 400 g/mol. The van der Waals surface area contributed by atoms with Crippen LogP contribution in [0.15, 0.2) is 30.9 Å². The van der Waals surface area contributed by atoms with E-state index in [-0.39, 0.29) is 5.04 Å². The third kappa shape index (κ3) is 5.38. The monoisotopic (exact) mass is 440 g/mol. The van der Waals surface area contributed by atoms with Crippen molar-refractivity contribution in [2.24, 2.45) is 7.05 Å². The second-order valence-corrected chi connectivity index (χ2v) is 17.9. The molecule has 3 rings (SSSR count). The van der Waals surface area contributed by atoms with Crippen molar-refractivity contribution in [3.63, 3.8) is 0 Å². The molecule has 1 aliphatic heterocycles. The molecule has 163 valence electrons. The van der Waals surface area contributed by atoms with E-state index in [1.54, 1.807) is 0 Å². The summed E-state index contributed by atoms with van der Waals surface area (Å²) in [6.45, 7) is 16.2. The first-order valence-electron chi connectivity index (χ1n) is 11.3. The molecule has 2 aromatic rings. The summed E-state index contributed by atoms with van der Waals surface area (Å²) in [6, 6.07) is 6.54. The number of benzene rings is 1. The quantitative estimate of drug-likeness (QED) is 0.385. The number of nitrogens with zero attached hydrogens (tertiary/aromatic N) is 3. The molecule has 1 aromatic heterocycles. The van der Waals surface area contributed by atoms with Crippen LogP contribution >= 0.6 is 0 Å². The van der Waals surface area contributed by atoms with Gasteiger partial charge < -0.3 is 10.6 Å². The third-order valence-electron chi connectivity index (χ3n) is 6.72. The van der Waals surface area contributed by atoms with Gasteiger partial charge in [-0.2, -0.15) is 0 Å². The Morgan fingerprint density at radius 2 is 2.00 bits per heavy atom. The van der Waals surface area contributed by atoms with Crippen molar-refractivity contribution in [2.45, 2.75) is 76.3 Å². The maximum Gasteiger partial charge on any atom is 0.243 e. The maximum atomic E-state index is 6.77. The fraction of sp³-hybridized carbons (Fsp3) is 0.625. The molecule has 0 spiro atoms. The normalized spacial score (nSPS) is 18.8. The lowest BCUT2D eigenvalue weighted by molar-refractivity contribution is -0.671. The van der Waals surface area contributed by atoms with E-state index < -0.39 is 8.07 Å². The minimum absolute atomic E-state index is 0.00374. The van der Waals surface area contributed by atoms with E-state index in [4.69, 9.17) is 5.73 Å². The minimum Gasteiger partial charge on any atom is -0.398 e. The Hall–Kier alpha value is -1.54. The second-order valence-electron chi connectivity index (χ2n) is 11.0. The van der Waals surface area contributed by atoms with Gasteiger partial charge in [0, 0.05) is 42.7 Å². The zero-order valence-corrected chi connectivity index (χ0v) is 22.0. The highest BCUT2D eigenvalue weighted by Crippen LogP contribution is 2.44. The average Bonchev–Trinajstić information content (AvgIpc) is 3.27. The van der Waals surface area contributed by atoms with Crippen LogP contribution in [-0.4, -0.2) is 36.0 Å². The number of imidazole rings is 1. The topological polar surface area (TPSA) is 38.1 Å². The van der Waals surface area contributed by atoms with Crippen LogP contribution in [0.1, 0.15) is 50.3 Å². The highest BCUT2D eigenvalue weighted by Gasteiger charge is 2.30. The van der Waals surface area contributed by atoms with Crippen molar-refractivity contribution < 1.29 is 4.57 Å². The van der Waals surface area contributed by atoms with E-state index in [1.807, 2.05) is 0 Å². The molecule has 0 aliphatic carbocycles. The summed E-state index contributed by atoms with van der Waals surface area (Å²) in [4.78, 5) is 2.55. The Balaban J connectivity index is 1.93. The van der Waals surface area contributed by atoms with Gasteiger partial charge in [-0.15, -0.1) is 0 Å². The first-order chi connectivity index (χ1) is 13.8. The van der Waals surface area contributed by atoms with Crippen LogP contribution in [0.5, 0.6) is 0 Å². The van der Waals surface area contributed by atoms with Crippen LogP contribution < -0.4 is 15.2 Å². The van der Waals surface area contributed by atoms with Gasteiger partial charge in [0.25, 0.3) is 0 Å². The summed E-state index contributed by atoms with van der Waals surface area (Å²) in [5, 5.41) is -0.00374. The van der Waals surface area contributed by atoms with Crippen LogP contribution in [0, 0.1) is 0 Å². The number of aromatic nitrogens is 2. The Kier molecular flexibility index (Phi) is 6.58. The first kappa shape index (κ1) is 23.1. The molecule has 1 aromatic carbocycles. The number of hydrogen-bond donors (Lipinski definition) is 1. The second kappa shape index (κ2) is 8.54. The SMILES string of the molecule is CC(c1cc(N2CCC(n3cc[n+](C)c3)C2)cc(CC[Si](C)(C)C)c1N)C(C)(C)[Si]. The average molecular weight is 441 g/mol. The molecule has 2 N–H and O–H groups in total. The van der Waals surface area contributed by atoms with Gasteiger partial charge in [-0.05, 0) is 40.6 Å². The highest BCUT2D eigenvalue weighted by atomic mass is 28.3. The number of hydrogen-bond acceptors (Lipinski definition) is 2. The summed E-state index contributed by atoms with van der Waals surface area (Å²) in [5.74, 6) is 0.335. The van der Waals surface area contributed by atoms with Gasteiger partial charge in [-0.1, -0.05) is 46.5 Å². The molecule has 2 atom stereocenters. The standard InChI is InChI=1S/C24H40N4Si2/c1-18(24(2,3)29)22-15-21(14-19(23(22)25)9-13-30(5,6)7)27-10-8-20(16-27)28-12-11-26(4)17-28/h11-12,14-15,17-18,20H,8-10,13,16,25H2,1-7H3/q+1. The Morgan fingerprint density at radius 1 is 1.30 bits per heavy atom. The molecule has 4 nitrogen and oxygen atoms in total. The zero-order chi connectivity index (χ0) is 22.3. The van der Waals surface area contributed by atoms with E-state index in [9.17, 15) is 0 Å². The van der Waals surface area contributed by atoms with Gasteiger partial charge >= 0.3 is 0 Å². The van der Waals surface area contributed by atoms with Crippen molar-refractivity contribution in [3.8, 4) is 0 Å². The predicted molar refractivity (Wildman–Crippen MR) is 132 cm³/mol. The summed E-state index contributed by atoms with van der Waals surface area (Å²) < 4.78 is 4.48. The Bertz CT molecular complexity index is 876. The van der Waals surface area contributed by atoms with Gasteiger partial charge in [0.15, 0.2) is 0 Å². The lowest BCUT2D eigenvalue weighted by atomic mass is 9.86. The number of nitrogen functional groups attached to an aromatic ring is 1. The van der Waals surface area contributed by atoms with Crippen LogP contribution in [0.4, 0.5) is 11.4 Å². The minimum atomic E-state index is -1.13. The summed E-state index contributed by atoms with van der Waals surface area (Å²) >= 11 is 0. The molecule has 1 aliphatic rings. The van der Waals surface area contributed by atoms with E-state index in [0.717, 1.165) is 25.2 Å². The van der Waals surface area contributed by atoms with Crippen LogP contribution in [0.2, 0.25) is 30.7 Å². The predicted octanol–water partition coefficient (Wildman–Crippen LogP) is 4.70. The molecule has 0 bridgehead atoms. The summed E-state index contributed by atoms with van der Waals surface area (Å²) in [7, 11) is 4.91. The van der Waals surface area contributed by atoms with E-state index in [0.29, 0.717) is 12.0 Å². The molecule has 1 saturated heterocycles. The molecule has 1 fully saturated rings. The molecule has 30 heavy (non-hydrogen) atoms. The molecule has 0 amide bonds. The lowest BCUT2D eigenvalue weighted by Gasteiger charge is -2.31. The van der Waals surface area contributed by atoms with Gasteiger partial charge in [-0.25, -0.2) is 9.13 Å².